The SMILES string of the molecule is COC(=O)C(C)(N)CN1CCN(CC(F)(F)F)CC1. The number of carbonyl (C=O) groups is 1. The van der Waals surface area contributed by atoms with Gasteiger partial charge in [-0.1, -0.05) is 0 Å². The van der Waals surface area contributed by atoms with Crippen LogP contribution in [0.4, 0.5) is 13.2 Å². The van der Waals surface area contributed by atoms with Gasteiger partial charge in [0.15, 0.2) is 0 Å². The van der Waals surface area contributed by atoms with Gasteiger partial charge >= 0.3 is 12.1 Å². The third-order valence-electron chi connectivity index (χ3n) is 3.07. The van der Waals surface area contributed by atoms with E-state index in [4.69, 9.17) is 5.73 Å². The molecule has 1 saturated heterocycles. The average molecular weight is 283 g/mol. The highest BCUT2D eigenvalue weighted by atomic mass is 19.4. The Bertz CT molecular complexity index is 313. The van der Waals surface area contributed by atoms with Gasteiger partial charge in [0.05, 0.1) is 13.7 Å². The number of nitrogens with two attached hydrogens (primary N) is 1. The van der Waals surface area contributed by atoms with E-state index in [1.807, 2.05) is 4.90 Å². The predicted octanol–water partition coefficient (Wildman–Crippen LogP) is 0.0567. The number of hydrogen-bond donors (Lipinski definition) is 1. The lowest BCUT2D eigenvalue weighted by molar-refractivity contribution is -0.150. The first-order valence-corrected chi connectivity index (χ1v) is 6.03. The van der Waals surface area contributed by atoms with Crippen molar-refractivity contribution in [3.8, 4) is 0 Å². The molecule has 0 aromatic carbocycles. The molecule has 0 aliphatic carbocycles. The highest BCUT2D eigenvalue weighted by molar-refractivity contribution is 5.80. The van der Waals surface area contributed by atoms with Crippen LogP contribution in [0.2, 0.25) is 0 Å². The third-order valence-corrected chi connectivity index (χ3v) is 3.07. The Morgan fingerprint density at radius 1 is 1.16 bits per heavy atom. The van der Waals surface area contributed by atoms with Crippen LogP contribution in [0, 0.1) is 0 Å². The third kappa shape index (κ3) is 5.33. The minimum atomic E-state index is -4.17. The van der Waals surface area contributed by atoms with Gasteiger partial charge in [0.2, 0.25) is 0 Å². The molecule has 1 unspecified atom stereocenters. The zero-order valence-corrected chi connectivity index (χ0v) is 11.2. The second-order valence-electron chi connectivity index (χ2n) is 5.08. The van der Waals surface area contributed by atoms with Crippen molar-refractivity contribution in [2.24, 2.45) is 5.73 Å². The van der Waals surface area contributed by atoms with E-state index in [2.05, 4.69) is 4.74 Å². The monoisotopic (exact) mass is 283 g/mol. The largest absolute Gasteiger partial charge is 0.468 e. The quantitative estimate of drug-likeness (QED) is 0.739. The Labute approximate surface area is 110 Å². The number of methoxy groups -OCH3 is 1. The van der Waals surface area contributed by atoms with Gasteiger partial charge in [0.1, 0.15) is 5.54 Å². The maximum absolute atomic E-state index is 12.2. The van der Waals surface area contributed by atoms with Gasteiger partial charge < -0.3 is 10.5 Å². The predicted molar refractivity (Wildman–Crippen MR) is 63.5 cm³/mol. The van der Waals surface area contributed by atoms with Crippen LogP contribution in [0.25, 0.3) is 0 Å². The summed E-state index contributed by atoms with van der Waals surface area (Å²) in [6, 6.07) is 0. The number of hydrogen-bond acceptors (Lipinski definition) is 5. The molecule has 0 aromatic rings. The molecular formula is C11H20F3N3O2. The first-order chi connectivity index (χ1) is 8.64. The van der Waals surface area contributed by atoms with Crippen molar-refractivity contribution in [3.63, 3.8) is 0 Å². The van der Waals surface area contributed by atoms with Crippen molar-refractivity contribution in [1.29, 1.82) is 0 Å². The fourth-order valence-corrected chi connectivity index (χ4v) is 2.12. The number of alkyl halides is 3. The lowest BCUT2D eigenvalue weighted by Crippen LogP contribution is -2.58. The fraction of sp³-hybridized carbons (Fsp3) is 0.909. The molecule has 1 aliphatic rings. The number of nitrogens with zero attached hydrogens (tertiary/aromatic N) is 2. The minimum absolute atomic E-state index is 0.277. The van der Waals surface area contributed by atoms with Gasteiger partial charge in [-0.05, 0) is 6.92 Å². The summed E-state index contributed by atoms with van der Waals surface area (Å²) in [6.07, 6.45) is -4.17. The molecule has 112 valence electrons. The smallest absolute Gasteiger partial charge is 0.401 e. The van der Waals surface area contributed by atoms with Gasteiger partial charge in [-0.25, -0.2) is 0 Å². The molecule has 8 heteroatoms. The minimum Gasteiger partial charge on any atom is -0.468 e. The van der Waals surface area contributed by atoms with Crippen LogP contribution in [0.15, 0.2) is 0 Å². The molecule has 1 heterocycles. The average Bonchev–Trinajstić information content (AvgIpc) is 2.28. The number of esters is 1. The molecule has 0 bridgehead atoms. The van der Waals surface area contributed by atoms with Crippen molar-refractivity contribution in [1.82, 2.24) is 9.80 Å². The molecule has 0 amide bonds. The summed E-state index contributed by atoms with van der Waals surface area (Å²) in [4.78, 5) is 14.7. The van der Waals surface area contributed by atoms with Gasteiger partial charge in [0.25, 0.3) is 0 Å². The summed E-state index contributed by atoms with van der Waals surface area (Å²) in [5.41, 5.74) is 4.69. The molecule has 0 spiro atoms. The molecule has 19 heavy (non-hydrogen) atoms. The maximum Gasteiger partial charge on any atom is 0.401 e. The number of rotatable bonds is 4. The second-order valence-corrected chi connectivity index (χ2v) is 5.08. The van der Waals surface area contributed by atoms with Crippen molar-refractivity contribution in [3.05, 3.63) is 0 Å². The number of ether oxygens (including phenoxy) is 1. The van der Waals surface area contributed by atoms with Crippen LogP contribution in [0.1, 0.15) is 6.92 Å². The topological polar surface area (TPSA) is 58.8 Å². The molecular weight excluding hydrogens is 263 g/mol. The Morgan fingerprint density at radius 3 is 1.95 bits per heavy atom. The highest BCUT2D eigenvalue weighted by Crippen LogP contribution is 2.18. The molecule has 0 saturated carbocycles. The number of piperazine rings is 1. The van der Waals surface area contributed by atoms with Crippen molar-refractivity contribution in [2.75, 3.05) is 46.4 Å². The summed E-state index contributed by atoms with van der Waals surface area (Å²) in [6.45, 7) is 2.49. The van der Waals surface area contributed by atoms with E-state index < -0.39 is 24.2 Å². The van der Waals surface area contributed by atoms with Crippen LogP contribution >= 0.6 is 0 Å². The first kappa shape index (κ1) is 16.2. The van der Waals surface area contributed by atoms with E-state index in [1.54, 1.807) is 6.92 Å². The van der Waals surface area contributed by atoms with Gasteiger partial charge in [0, 0.05) is 32.7 Å². The zero-order valence-electron chi connectivity index (χ0n) is 11.2. The molecule has 1 atom stereocenters. The molecule has 1 rings (SSSR count). The molecule has 0 aromatic heterocycles. The molecule has 2 N–H and O–H groups in total. The molecule has 5 nitrogen and oxygen atoms in total. The normalized spacial score (nSPS) is 22.0. The Balaban J connectivity index is 2.40. The summed E-state index contributed by atoms with van der Waals surface area (Å²) < 4.78 is 41.3. The van der Waals surface area contributed by atoms with Crippen molar-refractivity contribution < 1.29 is 22.7 Å². The number of carbonyl (C=O) groups excluding carboxylic acids is 1. The lowest BCUT2D eigenvalue weighted by atomic mass is 10.0. The first-order valence-electron chi connectivity index (χ1n) is 6.03. The van der Waals surface area contributed by atoms with Gasteiger partial charge in [-0.2, -0.15) is 13.2 Å². The zero-order chi connectivity index (χ0) is 14.7. The molecule has 0 radical (unpaired) electrons. The molecule has 1 fully saturated rings. The van der Waals surface area contributed by atoms with E-state index in [-0.39, 0.29) is 6.54 Å². The van der Waals surface area contributed by atoms with Gasteiger partial charge in [-0.3, -0.25) is 14.6 Å². The van der Waals surface area contributed by atoms with Crippen LogP contribution in [0.5, 0.6) is 0 Å². The summed E-state index contributed by atoms with van der Waals surface area (Å²) in [5.74, 6) is -0.523. The van der Waals surface area contributed by atoms with Crippen LogP contribution in [-0.2, 0) is 9.53 Å². The second kappa shape index (κ2) is 6.06. The number of halogens is 3. The highest BCUT2D eigenvalue weighted by Gasteiger charge is 2.35. The standard InChI is InChI=1S/C11H20F3N3O2/c1-10(15,9(18)19-2)7-16-3-5-17(6-4-16)8-11(12,13)14/h3-8,15H2,1-2H3. The Morgan fingerprint density at radius 2 is 1.58 bits per heavy atom. The lowest BCUT2D eigenvalue weighted by Gasteiger charge is -2.37. The van der Waals surface area contributed by atoms with Crippen LogP contribution < -0.4 is 5.73 Å². The van der Waals surface area contributed by atoms with E-state index >= 15 is 0 Å². The van der Waals surface area contributed by atoms with E-state index in [0.29, 0.717) is 26.2 Å². The van der Waals surface area contributed by atoms with E-state index in [0.717, 1.165) is 0 Å². The fourth-order valence-electron chi connectivity index (χ4n) is 2.12. The van der Waals surface area contributed by atoms with Crippen molar-refractivity contribution >= 4 is 5.97 Å². The van der Waals surface area contributed by atoms with Crippen LogP contribution in [-0.4, -0.2) is 73.9 Å². The van der Waals surface area contributed by atoms with Gasteiger partial charge in [-0.15, -0.1) is 0 Å². The molecule has 1 aliphatic heterocycles. The Hall–Kier alpha value is -0.860. The Kier molecular flexibility index (Phi) is 5.17. The van der Waals surface area contributed by atoms with Crippen LogP contribution in [0.3, 0.4) is 0 Å². The summed E-state index contributed by atoms with van der Waals surface area (Å²) >= 11 is 0. The van der Waals surface area contributed by atoms with E-state index in [1.165, 1.54) is 12.0 Å². The van der Waals surface area contributed by atoms with Crippen molar-refractivity contribution in [2.45, 2.75) is 18.6 Å². The maximum atomic E-state index is 12.2. The van der Waals surface area contributed by atoms with E-state index in [9.17, 15) is 18.0 Å². The summed E-state index contributed by atoms with van der Waals surface area (Å²) in [5, 5.41) is 0. The summed E-state index contributed by atoms with van der Waals surface area (Å²) in [7, 11) is 1.26.